The van der Waals surface area contributed by atoms with Crippen molar-refractivity contribution < 1.29 is 14.6 Å². The number of hydrogen-bond acceptors (Lipinski definition) is 5. The van der Waals surface area contributed by atoms with Gasteiger partial charge in [-0.2, -0.15) is 0 Å². The monoisotopic (exact) mass is 327 g/mol. The standard InChI is InChI=1S/C17H33N3O3/c1-16(2,3)23-15(21)20-10-7-17(22,14-20)13-18(4)11-12-19-8-5-6-9-19/h22H,5-14H2,1-4H3. The van der Waals surface area contributed by atoms with E-state index >= 15 is 0 Å². The second-order valence-electron chi connectivity index (χ2n) is 8.16. The van der Waals surface area contributed by atoms with Gasteiger partial charge in [-0.25, -0.2) is 4.79 Å². The third kappa shape index (κ3) is 5.94. The van der Waals surface area contributed by atoms with Crippen LogP contribution in [-0.4, -0.2) is 90.0 Å². The van der Waals surface area contributed by atoms with Gasteiger partial charge in [-0.3, -0.25) is 0 Å². The second kappa shape index (κ2) is 7.36. The molecule has 0 spiro atoms. The lowest BCUT2D eigenvalue weighted by Crippen LogP contribution is -2.46. The quantitative estimate of drug-likeness (QED) is 0.827. The van der Waals surface area contributed by atoms with Gasteiger partial charge in [-0.05, 0) is 60.2 Å². The summed E-state index contributed by atoms with van der Waals surface area (Å²) in [6.45, 7) is 11.5. The lowest BCUT2D eigenvalue weighted by molar-refractivity contribution is 0.00282. The molecule has 2 aliphatic heterocycles. The van der Waals surface area contributed by atoms with Gasteiger partial charge in [0.2, 0.25) is 0 Å². The van der Waals surface area contributed by atoms with Crippen LogP contribution < -0.4 is 0 Å². The van der Waals surface area contributed by atoms with E-state index in [0.717, 1.165) is 13.1 Å². The molecule has 23 heavy (non-hydrogen) atoms. The molecule has 2 aliphatic rings. The van der Waals surface area contributed by atoms with Gasteiger partial charge in [0.15, 0.2) is 0 Å². The maximum atomic E-state index is 12.1. The molecule has 6 heteroatoms. The van der Waals surface area contributed by atoms with E-state index in [9.17, 15) is 9.90 Å². The predicted octanol–water partition coefficient (Wildman–Crippen LogP) is 1.39. The summed E-state index contributed by atoms with van der Waals surface area (Å²) < 4.78 is 5.39. The average Bonchev–Trinajstić information content (AvgIpc) is 3.04. The maximum Gasteiger partial charge on any atom is 0.410 e. The molecule has 2 heterocycles. The van der Waals surface area contributed by atoms with E-state index in [1.807, 2.05) is 27.8 Å². The number of hydrogen-bond donors (Lipinski definition) is 1. The van der Waals surface area contributed by atoms with Crippen molar-refractivity contribution in [1.82, 2.24) is 14.7 Å². The highest BCUT2D eigenvalue weighted by atomic mass is 16.6. The molecule has 0 aliphatic carbocycles. The summed E-state index contributed by atoms with van der Waals surface area (Å²) in [6, 6.07) is 0. The SMILES string of the molecule is CN(CCN1CCCC1)CC1(O)CCN(C(=O)OC(C)(C)C)C1. The molecule has 0 radical (unpaired) electrons. The molecule has 2 fully saturated rings. The number of amides is 1. The zero-order valence-corrected chi connectivity index (χ0v) is 15.2. The van der Waals surface area contributed by atoms with E-state index in [1.165, 1.54) is 25.9 Å². The van der Waals surface area contributed by atoms with E-state index in [-0.39, 0.29) is 6.09 Å². The summed E-state index contributed by atoms with van der Waals surface area (Å²) in [4.78, 5) is 18.4. The molecule has 0 aromatic carbocycles. The third-order valence-electron chi connectivity index (χ3n) is 4.54. The van der Waals surface area contributed by atoms with Gasteiger partial charge in [0, 0.05) is 26.2 Å². The highest BCUT2D eigenvalue weighted by Gasteiger charge is 2.40. The zero-order valence-electron chi connectivity index (χ0n) is 15.2. The molecule has 1 N–H and O–H groups in total. The third-order valence-corrected chi connectivity index (χ3v) is 4.54. The summed E-state index contributed by atoms with van der Waals surface area (Å²) in [5.74, 6) is 0. The van der Waals surface area contributed by atoms with Crippen molar-refractivity contribution in [2.24, 2.45) is 0 Å². The van der Waals surface area contributed by atoms with Gasteiger partial charge in [-0.1, -0.05) is 0 Å². The van der Waals surface area contributed by atoms with Gasteiger partial charge in [0.1, 0.15) is 5.60 Å². The van der Waals surface area contributed by atoms with E-state index in [0.29, 0.717) is 26.1 Å². The van der Waals surface area contributed by atoms with Gasteiger partial charge < -0.3 is 24.5 Å². The van der Waals surface area contributed by atoms with Crippen LogP contribution in [0.4, 0.5) is 4.79 Å². The first-order chi connectivity index (χ1) is 10.7. The molecular formula is C17H33N3O3. The van der Waals surface area contributed by atoms with Crippen molar-refractivity contribution in [2.45, 2.75) is 51.2 Å². The van der Waals surface area contributed by atoms with Gasteiger partial charge >= 0.3 is 6.09 Å². The molecule has 0 bridgehead atoms. The van der Waals surface area contributed by atoms with Gasteiger partial charge in [0.05, 0.1) is 12.1 Å². The molecule has 0 aromatic heterocycles. The minimum atomic E-state index is -0.823. The number of carbonyl (C=O) groups is 1. The molecule has 2 saturated heterocycles. The summed E-state index contributed by atoms with van der Waals surface area (Å²) in [5.41, 5.74) is -1.32. The zero-order chi connectivity index (χ0) is 17.1. The molecule has 6 nitrogen and oxygen atoms in total. The molecule has 1 unspecified atom stereocenters. The molecule has 134 valence electrons. The van der Waals surface area contributed by atoms with E-state index < -0.39 is 11.2 Å². The van der Waals surface area contributed by atoms with E-state index in [2.05, 4.69) is 9.80 Å². The second-order valence-corrected chi connectivity index (χ2v) is 8.16. The first kappa shape index (κ1) is 18.5. The highest BCUT2D eigenvalue weighted by Crippen LogP contribution is 2.24. The van der Waals surface area contributed by atoms with Crippen molar-refractivity contribution in [2.75, 3.05) is 52.9 Å². The Morgan fingerprint density at radius 2 is 1.91 bits per heavy atom. The Balaban J connectivity index is 1.75. The molecular weight excluding hydrogens is 294 g/mol. The van der Waals surface area contributed by atoms with Gasteiger partial charge in [-0.15, -0.1) is 0 Å². The van der Waals surface area contributed by atoms with Crippen LogP contribution >= 0.6 is 0 Å². The summed E-state index contributed by atoms with van der Waals surface area (Å²) in [7, 11) is 2.05. The molecule has 2 rings (SSSR count). The fourth-order valence-electron chi connectivity index (χ4n) is 3.37. The van der Waals surface area contributed by atoms with E-state index in [1.54, 1.807) is 4.90 Å². The van der Waals surface area contributed by atoms with Crippen LogP contribution in [0.1, 0.15) is 40.0 Å². The smallest absolute Gasteiger partial charge is 0.410 e. The lowest BCUT2D eigenvalue weighted by atomic mass is 10.0. The maximum absolute atomic E-state index is 12.1. The fraction of sp³-hybridized carbons (Fsp3) is 0.941. The number of nitrogens with zero attached hydrogens (tertiary/aromatic N) is 3. The topological polar surface area (TPSA) is 56.2 Å². The largest absolute Gasteiger partial charge is 0.444 e. The minimum absolute atomic E-state index is 0.326. The Hall–Kier alpha value is -0.850. The van der Waals surface area contributed by atoms with Crippen LogP contribution in [-0.2, 0) is 4.74 Å². The highest BCUT2D eigenvalue weighted by molar-refractivity contribution is 5.68. The van der Waals surface area contributed by atoms with Crippen molar-refractivity contribution in [3.05, 3.63) is 0 Å². The number of rotatable bonds is 5. The Morgan fingerprint density at radius 3 is 2.52 bits per heavy atom. The predicted molar refractivity (Wildman–Crippen MR) is 90.5 cm³/mol. The Labute approximate surface area is 140 Å². The van der Waals surface area contributed by atoms with Gasteiger partial charge in [0.25, 0.3) is 0 Å². The average molecular weight is 327 g/mol. The fourth-order valence-corrected chi connectivity index (χ4v) is 3.37. The number of β-amino-alcohol motifs (C(OH)–C–C–N with tert-alkyl or cyclic N) is 1. The van der Waals surface area contributed by atoms with E-state index in [4.69, 9.17) is 4.74 Å². The first-order valence-corrected chi connectivity index (χ1v) is 8.78. The van der Waals surface area contributed by atoms with Crippen molar-refractivity contribution in [3.63, 3.8) is 0 Å². The molecule has 0 aromatic rings. The van der Waals surface area contributed by atoms with Crippen LogP contribution in [0.2, 0.25) is 0 Å². The Kier molecular flexibility index (Phi) is 5.92. The minimum Gasteiger partial charge on any atom is -0.444 e. The molecule has 0 saturated carbocycles. The number of ether oxygens (including phenoxy) is 1. The molecule has 1 atom stereocenters. The number of likely N-dealkylation sites (tertiary alicyclic amines) is 2. The Morgan fingerprint density at radius 1 is 1.26 bits per heavy atom. The van der Waals surface area contributed by atoms with Crippen molar-refractivity contribution in [3.8, 4) is 0 Å². The Bertz CT molecular complexity index is 404. The van der Waals surface area contributed by atoms with Crippen LogP contribution in [0.5, 0.6) is 0 Å². The summed E-state index contributed by atoms with van der Waals surface area (Å²) in [6.07, 6.45) is 2.89. The molecule has 1 amide bonds. The summed E-state index contributed by atoms with van der Waals surface area (Å²) >= 11 is 0. The van der Waals surface area contributed by atoms with Crippen LogP contribution in [0, 0.1) is 0 Å². The number of likely N-dealkylation sites (N-methyl/N-ethyl adjacent to an activating group) is 1. The van der Waals surface area contributed by atoms with Crippen molar-refractivity contribution in [1.29, 1.82) is 0 Å². The summed E-state index contributed by atoms with van der Waals surface area (Å²) in [5, 5.41) is 10.8. The number of carbonyl (C=O) groups excluding carboxylic acids is 1. The first-order valence-electron chi connectivity index (χ1n) is 8.78. The normalized spacial score (nSPS) is 26.3. The van der Waals surface area contributed by atoms with Crippen LogP contribution in [0.3, 0.4) is 0 Å². The van der Waals surface area contributed by atoms with Crippen molar-refractivity contribution >= 4 is 6.09 Å². The van der Waals surface area contributed by atoms with Crippen LogP contribution in [0.25, 0.3) is 0 Å². The lowest BCUT2D eigenvalue weighted by Gasteiger charge is -2.30. The van der Waals surface area contributed by atoms with Crippen LogP contribution in [0.15, 0.2) is 0 Å². The number of aliphatic hydroxyl groups is 1.